The van der Waals surface area contributed by atoms with Crippen molar-refractivity contribution in [3.05, 3.63) is 151 Å². The fraction of sp³-hybridized carbons (Fsp3) is 0.222. The van der Waals surface area contributed by atoms with Gasteiger partial charge in [-0.15, -0.1) is 0 Å². The summed E-state index contributed by atoms with van der Waals surface area (Å²) < 4.78 is 72.1. The molecule has 0 N–H and O–H groups in total. The third kappa shape index (κ3) is 5.25. The molecule has 2 aliphatic rings. The number of nitrogens with zero attached hydrogens (tertiary/aromatic N) is 2. The van der Waals surface area contributed by atoms with Crippen LogP contribution in [0.5, 0.6) is 0 Å². The molecule has 2 nitrogen and oxygen atoms in total. The van der Waals surface area contributed by atoms with Crippen LogP contribution in [0.3, 0.4) is 0 Å². The van der Waals surface area contributed by atoms with E-state index in [4.69, 9.17) is 0 Å². The molecule has 0 bridgehead atoms. The van der Waals surface area contributed by atoms with Crippen LogP contribution in [0.1, 0.15) is 35.1 Å². The predicted octanol–water partition coefficient (Wildman–Crippen LogP) is 7.74. The molecular formula is C36H34F4N2Ti. The number of benzene rings is 2. The van der Waals surface area contributed by atoms with Crippen LogP contribution in [0, 0.1) is 37.1 Å². The second-order valence-electron chi connectivity index (χ2n) is 11.4. The van der Waals surface area contributed by atoms with Gasteiger partial charge in [0.25, 0.3) is 0 Å². The van der Waals surface area contributed by atoms with Gasteiger partial charge in [-0.05, 0) is 0 Å². The SMILES string of the molecule is Cc1c(CCn2cccc2)cc(F)[c]([Ti]([C]2=CC=CC2)([C]2=CC=CC2)[c]2c(F)cc(CCn3cccc3)c(C)c2F)c1F. The topological polar surface area (TPSA) is 9.86 Å². The molecule has 0 amide bonds. The van der Waals surface area contributed by atoms with E-state index in [0.717, 1.165) is 7.76 Å². The van der Waals surface area contributed by atoms with Crippen LogP contribution >= 0.6 is 0 Å². The monoisotopic (exact) mass is 618 g/mol. The van der Waals surface area contributed by atoms with Crippen molar-refractivity contribution in [2.75, 3.05) is 0 Å². The molecule has 0 fully saturated rings. The number of allylic oxidation sites excluding steroid dienone is 8. The molecule has 0 atom stereocenters. The van der Waals surface area contributed by atoms with Crippen molar-refractivity contribution in [2.24, 2.45) is 0 Å². The Morgan fingerprint density at radius 2 is 1.02 bits per heavy atom. The van der Waals surface area contributed by atoms with Gasteiger partial charge in [-0.25, -0.2) is 0 Å². The third-order valence-electron chi connectivity index (χ3n) is 9.01. The third-order valence-corrected chi connectivity index (χ3v) is 16.9. The van der Waals surface area contributed by atoms with Gasteiger partial charge >= 0.3 is 255 Å². The average molecular weight is 619 g/mol. The minimum atomic E-state index is -4.81. The van der Waals surface area contributed by atoms with E-state index in [9.17, 15) is 0 Å². The van der Waals surface area contributed by atoms with Crippen molar-refractivity contribution in [1.29, 1.82) is 0 Å². The summed E-state index contributed by atoms with van der Waals surface area (Å²) in [6.45, 7) is 4.44. The molecule has 7 heteroatoms. The van der Waals surface area contributed by atoms with Gasteiger partial charge in [0.1, 0.15) is 0 Å². The van der Waals surface area contributed by atoms with Gasteiger partial charge in [0.15, 0.2) is 0 Å². The average Bonchev–Trinajstić information content (AvgIpc) is 3.83. The summed E-state index contributed by atoms with van der Waals surface area (Å²) >= 11 is -4.81. The van der Waals surface area contributed by atoms with Crippen LogP contribution in [0.4, 0.5) is 17.6 Å². The molecule has 2 aliphatic carbocycles. The second kappa shape index (κ2) is 12.2. The Kier molecular flexibility index (Phi) is 8.35. The fourth-order valence-electron chi connectivity index (χ4n) is 6.70. The van der Waals surface area contributed by atoms with Gasteiger partial charge in [-0.3, -0.25) is 0 Å². The zero-order valence-electron chi connectivity index (χ0n) is 24.4. The molecule has 43 heavy (non-hydrogen) atoms. The van der Waals surface area contributed by atoms with Crippen LogP contribution in [-0.2, 0) is 42.5 Å². The van der Waals surface area contributed by atoms with E-state index in [1.807, 2.05) is 94.6 Å². The van der Waals surface area contributed by atoms with Crippen LogP contribution in [0.25, 0.3) is 0 Å². The first-order valence-electron chi connectivity index (χ1n) is 14.7. The van der Waals surface area contributed by atoms with Gasteiger partial charge in [-0.2, -0.15) is 0 Å². The standard InChI is InChI=1S/2C13H12F2N.2C5H5.Ti/c2*1-10-11(8-12(14)9-13(10)15)4-7-16-5-2-3-6-16;2*1-2-4-5-3-1;/h2*2-3,5-6,8H,4,7H2,1H3;2*1-3H,4H2;. The minimum absolute atomic E-state index is 0.135. The fourth-order valence-corrected chi connectivity index (χ4v) is 15.1. The number of hydrogen-bond acceptors (Lipinski definition) is 0. The molecule has 4 aromatic rings. The van der Waals surface area contributed by atoms with Crippen LogP contribution < -0.4 is 7.74 Å². The summed E-state index contributed by atoms with van der Waals surface area (Å²) in [5.74, 6) is -2.81. The molecule has 2 heterocycles. The first-order chi connectivity index (χ1) is 20.8. The van der Waals surface area contributed by atoms with Gasteiger partial charge in [-0.1, -0.05) is 0 Å². The van der Waals surface area contributed by atoms with Gasteiger partial charge in [0, 0.05) is 0 Å². The Hall–Kier alpha value is -3.61. The molecule has 6 rings (SSSR count). The molecule has 0 saturated carbocycles. The van der Waals surface area contributed by atoms with E-state index in [2.05, 4.69) is 0 Å². The van der Waals surface area contributed by atoms with E-state index in [1.54, 1.807) is 13.8 Å². The molecule has 0 aliphatic heterocycles. The van der Waals surface area contributed by atoms with Crippen molar-refractivity contribution >= 4 is 7.74 Å². The van der Waals surface area contributed by atoms with Gasteiger partial charge < -0.3 is 0 Å². The van der Waals surface area contributed by atoms with Crippen LogP contribution in [-0.4, -0.2) is 9.13 Å². The van der Waals surface area contributed by atoms with Crippen molar-refractivity contribution in [3.8, 4) is 0 Å². The first-order valence-corrected chi connectivity index (χ1v) is 17.8. The first kappa shape index (κ1) is 29.5. The molecule has 0 saturated heterocycles. The Labute approximate surface area is 253 Å². The van der Waals surface area contributed by atoms with Crippen molar-refractivity contribution in [3.63, 3.8) is 0 Å². The Morgan fingerprint density at radius 1 is 0.628 bits per heavy atom. The van der Waals surface area contributed by atoms with Gasteiger partial charge in [0.2, 0.25) is 0 Å². The number of halogens is 4. The molecule has 0 radical (unpaired) electrons. The maximum absolute atomic E-state index is 16.9. The number of aryl methyl sites for hydroxylation is 4. The van der Waals surface area contributed by atoms with E-state index in [0.29, 0.717) is 61.0 Å². The second-order valence-corrected chi connectivity index (χ2v) is 17.3. The summed E-state index contributed by atoms with van der Waals surface area (Å²) in [5, 5.41) is 0. The Bertz CT molecular complexity index is 1640. The zero-order chi connectivity index (χ0) is 30.1. The van der Waals surface area contributed by atoms with E-state index < -0.39 is 39.9 Å². The molecule has 2 aromatic carbocycles. The normalized spacial score (nSPS) is 14.6. The summed E-state index contributed by atoms with van der Waals surface area (Å²) in [5.41, 5.74) is 1.77. The number of rotatable bonds is 10. The summed E-state index contributed by atoms with van der Waals surface area (Å²) in [7, 11) is 0. The quantitative estimate of drug-likeness (QED) is 0.127. The number of aromatic nitrogens is 2. The van der Waals surface area contributed by atoms with E-state index in [1.165, 1.54) is 12.1 Å². The molecule has 0 spiro atoms. The summed E-state index contributed by atoms with van der Waals surface area (Å²) in [6.07, 6.45) is 20.4. The van der Waals surface area contributed by atoms with E-state index >= 15 is 17.6 Å². The molecule has 0 unspecified atom stereocenters. The molecule has 220 valence electrons. The van der Waals surface area contributed by atoms with E-state index in [-0.39, 0.29) is 7.74 Å². The Balaban J connectivity index is 1.55. The molecule has 2 aromatic heterocycles. The maximum atomic E-state index is 16.9. The van der Waals surface area contributed by atoms with Gasteiger partial charge in [0.05, 0.1) is 0 Å². The predicted molar refractivity (Wildman–Crippen MR) is 161 cm³/mol. The van der Waals surface area contributed by atoms with Crippen LogP contribution in [0.15, 0.2) is 105 Å². The summed E-state index contributed by atoms with van der Waals surface area (Å²) in [4.78, 5) is 0. The number of hydrogen-bond donors (Lipinski definition) is 0. The van der Waals surface area contributed by atoms with Crippen LogP contribution in [0.2, 0.25) is 0 Å². The zero-order valence-corrected chi connectivity index (χ0v) is 25.9. The molecular weight excluding hydrogens is 584 g/mol. The van der Waals surface area contributed by atoms with Crippen molar-refractivity contribution < 1.29 is 34.2 Å². The van der Waals surface area contributed by atoms with Crippen molar-refractivity contribution in [1.82, 2.24) is 9.13 Å². The Morgan fingerprint density at radius 3 is 1.37 bits per heavy atom. The van der Waals surface area contributed by atoms with Crippen molar-refractivity contribution in [2.45, 2.75) is 52.6 Å². The summed E-state index contributed by atoms with van der Waals surface area (Å²) in [6, 6.07) is 10.4.